The number of rotatable bonds is 2. The molecule has 0 aromatic carbocycles. The Bertz CT molecular complexity index is 920. The first-order valence-corrected chi connectivity index (χ1v) is 9.84. The van der Waals surface area contributed by atoms with Gasteiger partial charge in [0, 0.05) is 25.0 Å². The Morgan fingerprint density at radius 3 is 2.62 bits per heavy atom. The number of aromatic nitrogens is 2. The molecule has 4 rings (SSSR count). The molecule has 2 N–H and O–H groups in total. The summed E-state index contributed by atoms with van der Waals surface area (Å²) in [6.07, 6.45) is 6.10. The Labute approximate surface area is 154 Å². The van der Waals surface area contributed by atoms with E-state index >= 15 is 0 Å². The third kappa shape index (κ3) is 2.82. The van der Waals surface area contributed by atoms with E-state index in [0.717, 1.165) is 32.1 Å². The zero-order chi connectivity index (χ0) is 18.4. The predicted octanol–water partition coefficient (Wildman–Crippen LogP) is 1.95. The molecule has 2 fully saturated rings. The fourth-order valence-electron chi connectivity index (χ4n) is 4.56. The second-order valence-electron chi connectivity index (χ2n) is 7.27. The summed E-state index contributed by atoms with van der Waals surface area (Å²) in [7, 11) is 0. The molecule has 0 radical (unpaired) electrons. The molecule has 1 unspecified atom stereocenters. The van der Waals surface area contributed by atoms with Gasteiger partial charge in [0.2, 0.25) is 5.91 Å². The number of piperidine rings is 2. The number of nitrogens with one attached hydrogen (secondary N) is 2. The molecule has 2 amide bonds. The van der Waals surface area contributed by atoms with Crippen LogP contribution >= 0.6 is 11.3 Å². The lowest BCUT2D eigenvalue weighted by atomic mass is 9.81. The van der Waals surface area contributed by atoms with Gasteiger partial charge < -0.3 is 15.2 Å². The van der Waals surface area contributed by atoms with Crippen molar-refractivity contribution in [3.63, 3.8) is 0 Å². The third-order valence-electron chi connectivity index (χ3n) is 5.61. The molecular weight excluding hydrogens is 352 g/mol. The van der Waals surface area contributed by atoms with Crippen molar-refractivity contribution in [3.8, 4) is 0 Å². The summed E-state index contributed by atoms with van der Waals surface area (Å²) in [4.78, 5) is 46.6. The number of thiophene rings is 1. The standard InChI is InChI=1S/C18H22N4O3S/c1-9-14-16(24)19-8-20-18(14)26-15(9)17(25)21-11-6-12-4-3-5-13(7-11)22(12)10(2)23/h8,11-13H,3-7H2,1-2H3,(H,21,25)(H,19,20,24)/t11?,12-,13+. The quantitative estimate of drug-likeness (QED) is 0.840. The zero-order valence-electron chi connectivity index (χ0n) is 14.9. The van der Waals surface area contributed by atoms with Gasteiger partial charge in [-0.15, -0.1) is 11.3 Å². The van der Waals surface area contributed by atoms with E-state index in [0.29, 0.717) is 20.7 Å². The predicted molar refractivity (Wildman–Crippen MR) is 99.4 cm³/mol. The molecule has 0 spiro atoms. The first-order chi connectivity index (χ1) is 12.5. The van der Waals surface area contributed by atoms with Crippen molar-refractivity contribution in [1.29, 1.82) is 0 Å². The average molecular weight is 374 g/mol. The highest BCUT2D eigenvalue weighted by Gasteiger charge is 2.40. The van der Waals surface area contributed by atoms with E-state index in [1.54, 1.807) is 13.8 Å². The van der Waals surface area contributed by atoms with Gasteiger partial charge in [-0.05, 0) is 44.6 Å². The summed E-state index contributed by atoms with van der Waals surface area (Å²) in [5, 5.41) is 3.63. The molecule has 4 heterocycles. The summed E-state index contributed by atoms with van der Waals surface area (Å²) in [6, 6.07) is 0.501. The van der Waals surface area contributed by atoms with Crippen molar-refractivity contribution in [2.24, 2.45) is 0 Å². The number of hydrogen-bond donors (Lipinski definition) is 2. The highest BCUT2D eigenvalue weighted by molar-refractivity contribution is 7.20. The average Bonchev–Trinajstić information content (AvgIpc) is 2.92. The summed E-state index contributed by atoms with van der Waals surface area (Å²) in [5.74, 6) is -0.0145. The van der Waals surface area contributed by atoms with Crippen molar-refractivity contribution in [2.45, 2.75) is 64.1 Å². The van der Waals surface area contributed by atoms with E-state index in [1.165, 1.54) is 17.7 Å². The largest absolute Gasteiger partial charge is 0.348 e. The Morgan fingerprint density at radius 2 is 2.00 bits per heavy atom. The third-order valence-corrected chi connectivity index (χ3v) is 6.81. The normalized spacial score (nSPS) is 25.3. The smallest absolute Gasteiger partial charge is 0.261 e. The Kier molecular flexibility index (Phi) is 4.30. The maximum absolute atomic E-state index is 12.8. The molecule has 3 atom stereocenters. The minimum absolute atomic E-state index is 0.0595. The SMILES string of the molecule is CC(=O)N1[C@@H]2CCC[C@H]1CC(NC(=O)c1sc3nc[nH]c(=O)c3c1C)C2. The summed E-state index contributed by atoms with van der Waals surface area (Å²) in [5.41, 5.74) is 0.463. The number of fused-ring (bicyclic) bond motifs is 3. The van der Waals surface area contributed by atoms with Gasteiger partial charge in [0.05, 0.1) is 16.6 Å². The lowest BCUT2D eigenvalue weighted by Gasteiger charge is -2.48. The van der Waals surface area contributed by atoms with Gasteiger partial charge in [-0.1, -0.05) is 0 Å². The van der Waals surface area contributed by atoms with Crippen LogP contribution in [0.5, 0.6) is 0 Å². The van der Waals surface area contributed by atoms with Crippen LogP contribution in [0.2, 0.25) is 0 Å². The van der Waals surface area contributed by atoms with Crippen LogP contribution in [0.25, 0.3) is 10.2 Å². The molecule has 26 heavy (non-hydrogen) atoms. The number of H-pyrrole nitrogens is 1. The molecule has 7 nitrogen and oxygen atoms in total. The second-order valence-corrected chi connectivity index (χ2v) is 8.27. The summed E-state index contributed by atoms with van der Waals surface area (Å²) in [6.45, 7) is 3.42. The van der Waals surface area contributed by atoms with E-state index < -0.39 is 0 Å². The van der Waals surface area contributed by atoms with Gasteiger partial charge in [-0.2, -0.15) is 0 Å². The maximum Gasteiger partial charge on any atom is 0.261 e. The number of amides is 2. The summed E-state index contributed by atoms with van der Waals surface area (Å²) < 4.78 is 0. The number of hydrogen-bond acceptors (Lipinski definition) is 5. The van der Waals surface area contributed by atoms with Crippen molar-refractivity contribution in [2.75, 3.05) is 0 Å². The van der Waals surface area contributed by atoms with Gasteiger partial charge in [0.25, 0.3) is 11.5 Å². The zero-order valence-corrected chi connectivity index (χ0v) is 15.7. The molecular formula is C18H22N4O3S. The molecule has 2 aromatic rings. The maximum atomic E-state index is 12.8. The lowest BCUT2D eigenvalue weighted by Crippen LogP contribution is -2.58. The van der Waals surface area contributed by atoms with E-state index in [-0.39, 0.29) is 35.5 Å². The first-order valence-electron chi connectivity index (χ1n) is 9.02. The minimum Gasteiger partial charge on any atom is -0.348 e. The number of aromatic amines is 1. The molecule has 2 aliphatic heterocycles. The molecule has 2 saturated heterocycles. The number of nitrogens with zero attached hydrogens (tertiary/aromatic N) is 2. The van der Waals surface area contributed by atoms with Gasteiger partial charge in [0.1, 0.15) is 4.83 Å². The van der Waals surface area contributed by atoms with Crippen LogP contribution in [0, 0.1) is 6.92 Å². The molecule has 2 bridgehead atoms. The number of aryl methyl sites for hydroxylation is 1. The van der Waals surface area contributed by atoms with Crippen molar-refractivity contribution >= 4 is 33.4 Å². The van der Waals surface area contributed by atoms with E-state index in [9.17, 15) is 14.4 Å². The van der Waals surface area contributed by atoms with Crippen LogP contribution in [0.3, 0.4) is 0 Å². The molecule has 0 saturated carbocycles. The lowest BCUT2D eigenvalue weighted by molar-refractivity contribution is -0.138. The first kappa shape index (κ1) is 17.2. The monoisotopic (exact) mass is 374 g/mol. The fourth-order valence-corrected chi connectivity index (χ4v) is 5.61. The van der Waals surface area contributed by atoms with Crippen LogP contribution in [-0.4, -0.2) is 44.8 Å². The molecule has 2 aliphatic rings. The molecule has 8 heteroatoms. The Balaban J connectivity index is 1.54. The van der Waals surface area contributed by atoms with Crippen molar-refractivity contribution in [1.82, 2.24) is 20.2 Å². The second kappa shape index (κ2) is 6.50. The van der Waals surface area contributed by atoms with Gasteiger partial charge in [-0.25, -0.2) is 4.98 Å². The van der Waals surface area contributed by atoms with Gasteiger partial charge in [0.15, 0.2) is 0 Å². The summed E-state index contributed by atoms with van der Waals surface area (Å²) >= 11 is 1.25. The van der Waals surface area contributed by atoms with Crippen LogP contribution in [0.1, 0.15) is 54.3 Å². The van der Waals surface area contributed by atoms with Crippen molar-refractivity contribution < 1.29 is 9.59 Å². The number of carbonyl (C=O) groups excluding carboxylic acids is 2. The van der Waals surface area contributed by atoms with Crippen LogP contribution in [0.15, 0.2) is 11.1 Å². The Morgan fingerprint density at radius 1 is 1.31 bits per heavy atom. The molecule has 138 valence electrons. The van der Waals surface area contributed by atoms with Gasteiger partial charge >= 0.3 is 0 Å². The van der Waals surface area contributed by atoms with Crippen LogP contribution < -0.4 is 10.9 Å². The van der Waals surface area contributed by atoms with Crippen LogP contribution in [-0.2, 0) is 4.79 Å². The molecule has 2 aromatic heterocycles. The highest BCUT2D eigenvalue weighted by atomic mass is 32.1. The van der Waals surface area contributed by atoms with E-state index in [4.69, 9.17) is 0 Å². The van der Waals surface area contributed by atoms with Gasteiger partial charge in [-0.3, -0.25) is 14.4 Å². The van der Waals surface area contributed by atoms with Crippen LogP contribution in [0.4, 0.5) is 0 Å². The topological polar surface area (TPSA) is 95.2 Å². The Hall–Kier alpha value is -2.22. The fraction of sp³-hybridized carbons (Fsp3) is 0.556. The van der Waals surface area contributed by atoms with E-state index in [1.807, 2.05) is 4.90 Å². The van der Waals surface area contributed by atoms with Crippen molar-refractivity contribution in [3.05, 3.63) is 27.1 Å². The molecule has 0 aliphatic carbocycles. The van der Waals surface area contributed by atoms with E-state index in [2.05, 4.69) is 15.3 Å². The minimum atomic E-state index is -0.216. The highest BCUT2D eigenvalue weighted by Crippen LogP contribution is 2.34. The number of carbonyl (C=O) groups is 2.